The van der Waals surface area contributed by atoms with Gasteiger partial charge in [0.2, 0.25) is 5.95 Å². The first-order valence-electron chi connectivity index (χ1n) is 5.59. The number of β-amino-alcohol motifs (C(OH)–C–C–N with tert-alkyl or cyclic N) is 2. The molecule has 1 aliphatic rings. The van der Waals surface area contributed by atoms with Gasteiger partial charge in [0, 0.05) is 25.7 Å². The molecular weight excluding hydrogens is 222 g/mol. The van der Waals surface area contributed by atoms with Crippen LogP contribution in [0.1, 0.15) is 6.92 Å². The Morgan fingerprint density at radius 1 is 1.41 bits per heavy atom. The number of nitrogens with zero attached hydrogens (tertiary/aromatic N) is 3. The first-order chi connectivity index (χ1) is 8.10. The average Bonchev–Trinajstić information content (AvgIpc) is 2.59. The standard InChI is InChI=1S/C10H17N5O2/c1-2-12-8-3-9(14-10(11)13-8)15-4-6(16)7(17)5-15/h3,6-7,16-17H,2,4-5H2,1H3,(H3,11,12,13,14). The summed E-state index contributed by atoms with van der Waals surface area (Å²) in [6.45, 7) is 3.40. The van der Waals surface area contributed by atoms with Crippen LogP contribution in [0.15, 0.2) is 6.07 Å². The van der Waals surface area contributed by atoms with Crippen molar-refractivity contribution >= 4 is 17.6 Å². The number of nitrogens with one attached hydrogen (secondary N) is 1. The van der Waals surface area contributed by atoms with E-state index in [2.05, 4.69) is 15.3 Å². The van der Waals surface area contributed by atoms with Crippen molar-refractivity contribution in [2.45, 2.75) is 19.1 Å². The fourth-order valence-electron chi connectivity index (χ4n) is 1.84. The van der Waals surface area contributed by atoms with Gasteiger partial charge in [-0.3, -0.25) is 0 Å². The van der Waals surface area contributed by atoms with E-state index in [1.807, 2.05) is 6.92 Å². The summed E-state index contributed by atoms with van der Waals surface area (Å²) in [5.74, 6) is 1.43. The van der Waals surface area contributed by atoms with E-state index in [1.165, 1.54) is 0 Å². The first-order valence-corrected chi connectivity index (χ1v) is 5.59. The number of hydrogen-bond acceptors (Lipinski definition) is 7. The minimum absolute atomic E-state index is 0.175. The summed E-state index contributed by atoms with van der Waals surface area (Å²) in [5, 5.41) is 22.0. The summed E-state index contributed by atoms with van der Waals surface area (Å²) in [4.78, 5) is 9.92. The lowest BCUT2D eigenvalue weighted by Crippen LogP contribution is -2.23. The predicted octanol–water partition coefficient (Wildman–Crippen LogP) is -0.968. The van der Waals surface area contributed by atoms with E-state index < -0.39 is 12.2 Å². The topological polar surface area (TPSA) is 108 Å². The maximum Gasteiger partial charge on any atom is 0.223 e. The highest BCUT2D eigenvalue weighted by atomic mass is 16.3. The van der Waals surface area contributed by atoms with Crippen LogP contribution in [0.3, 0.4) is 0 Å². The number of hydrogen-bond donors (Lipinski definition) is 4. The first kappa shape index (κ1) is 11.9. The van der Waals surface area contributed by atoms with Gasteiger partial charge in [-0.05, 0) is 6.92 Å². The van der Waals surface area contributed by atoms with Crippen molar-refractivity contribution in [1.29, 1.82) is 0 Å². The molecule has 0 aliphatic carbocycles. The normalized spacial score (nSPS) is 24.1. The summed E-state index contributed by atoms with van der Waals surface area (Å²) in [6.07, 6.45) is -1.48. The quantitative estimate of drug-likeness (QED) is 0.537. The minimum Gasteiger partial charge on any atom is -0.389 e. The highest BCUT2D eigenvalue weighted by Gasteiger charge is 2.30. The second-order valence-corrected chi connectivity index (χ2v) is 4.04. The van der Waals surface area contributed by atoms with E-state index in [4.69, 9.17) is 5.73 Å². The molecule has 0 radical (unpaired) electrons. The molecule has 94 valence electrons. The van der Waals surface area contributed by atoms with Crippen LogP contribution in [0, 0.1) is 0 Å². The highest BCUT2D eigenvalue weighted by molar-refractivity contribution is 5.53. The van der Waals surface area contributed by atoms with E-state index in [1.54, 1.807) is 11.0 Å². The van der Waals surface area contributed by atoms with Crippen LogP contribution < -0.4 is 16.0 Å². The Hall–Kier alpha value is -1.60. The largest absolute Gasteiger partial charge is 0.389 e. The smallest absolute Gasteiger partial charge is 0.223 e. The molecule has 1 aromatic rings. The van der Waals surface area contributed by atoms with Gasteiger partial charge in [-0.1, -0.05) is 0 Å². The molecule has 1 aliphatic heterocycles. The molecule has 0 aromatic carbocycles. The molecular formula is C10H17N5O2. The van der Waals surface area contributed by atoms with Crippen molar-refractivity contribution < 1.29 is 10.2 Å². The zero-order valence-corrected chi connectivity index (χ0v) is 9.67. The van der Waals surface area contributed by atoms with Crippen molar-refractivity contribution in [2.24, 2.45) is 0 Å². The molecule has 1 aromatic heterocycles. The van der Waals surface area contributed by atoms with Crippen molar-refractivity contribution in [3.05, 3.63) is 6.07 Å². The number of aromatic nitrogens is 2. The zero-order chi connectivity index (χ0) is 12.4. The van der Waals surface area contributed by atoms with Crippen LogP contribution in [0.2, 0.25) is 0 Å². The third kappa shape index (κ3) is 2.56. The molecule has 7 nitrogen and oxygen atoms in total. The Balaban J connectivity index is 2.20. The summed E-state index contributed by atoms with van der Waals surface area (Å²) in [7, 11) is 0. The minimum atomic E-state index is -0.742. The number of nitrogen functional groups attached to an aromatic ring is 1. The lowest BCUT2D eigenvalue weighted by atomic mass is 10.3. The molecule has 2 atom stereocenters. The molecule has 2 rings (SSSR count). The van der Waals surface area contributed by atoms with Crippen LogP contribution in [0.4, 0.5) is 17.6 Å². The third-order valence-electron chi connectivity index (χ3n) is 2.67. The third-order valence-corrected chi connectivity index (χ3v) is 2.67. The van der Waals surface area contributed by atoms with Gasteiger partial charge in [0.05, 0.1) is 12.2 Å². The maximum absolute atomic E-state index is 9.49. The number of rotatable bonds is 3. The van der Waals surface area contributed by atoms with Crippen LogP contribution in [0.5, 0.6) is 0 Å². The van der Waals surface area contributed by atoms with E-state index >= 15 is 0 Å². The van der Waals surface area contributed by atoms with Gasteiger partial charge >= 0.3 is 0 Å². The molecule has 17 heavy (non-hydrogen) atoms. The Morgan fingerprint density at radius 2 is 2.06 bits per heavy atom. The van der Waals surface area contributed by atoms with Crippen molar-refractivity contribution in [1.82, 2.24) is 9.97 Å². The number of aliphatic hydroxyl groups excluding tert-OH is 2. The second-order valence-electron chi connectivity index (χ2n) is 4.04. The summed E-state index contributed by atoms with van der Waals surface area (Å²) in [6, 6.07) is 1.75. The molecule has 7 heteroatoms. The molecule has 0 saturated carbocycles. The van der Waals surface area contributed by atoms with Gasteiger partial charge in [0.25, 0.3) is 0 Å². The zero-order valence-electron chi connectivity index (χ0n) is 9.67. The van der Waals surface area contributed by atoms with Gasteiger partial charge in [-0.15, -0.1) is 0 Å². The number of anilines is 3. The molecule has 2 unspecified atom stereocenters. The summed E-state index contributed by atoms with van der Waals surface area (Å²) < 4.78 is 0. The molecule has 1 saturated heterocycles. The summed E-state index contributed by atoms with van der Waals surface area (Å²) >= 11 is 0. The van der Waals surface area contributed by atoms with E-state index in [0.717, 1.165) is 6.54 Å². The van der Waals surface area contributed by atoms with Crippen LogP contribution in [-0.4, -0.2) is 52.0 Å². The Bertz CT molecular complexity index is 390. The lowest BCUT2D eigenvalue weighted by molar-refractivity contribution is 0.0572. The lowest BCUT2D eigenvalue weighted by Gasteiger charge is -2.17. The fraction of sp³-hybridized carbons (Fsp3) is 0.600. The second kappa shape index (κ2) is 4.72. The van der Waals surface area contributed by atoms with Crippen LogP contribution in [0.25, 0.3) is 0 Å². The average molecular weight is 239 g/mol. The van der Waals surface area contributed by atoms with Gasteiger partial charge in [0.15, 0.2) is 0 Å². The fourth-order valence-corrected chi connectivity index (χ4v) is 1.84. The summed E-state index contributed by atoms with van der Waals surface area (Å²) in [5.41, 5.74) is 5.61. The number of nitrogens with two attached hydrogens (primary N) is 1. The van der Waals surface area contributed by atoms with Gasteiger partial charge in [0.1, 0.15) is 11.6 Å². The molecule has 1 fully saturated rings. The highest BCUT2D eigenvalue weighted by Crippen LogP contribution is 2.21. The Morgan fingerprint density at radius 3 is 2.65 bits per heavy atom. The van der Waals surface area contributed by atoms with Crippen molar-refractivity contribution in [3.63, 3.8) is 0 Å². The molecule has 0 bridgehead atoms. The molecule has 2 heterocycles. The Labute approximate surface area is 99.3 Å². The monoisotopic (exact) mass is 239 g/mol. The van der Waals surface area contributed by atoms with Crippen LogP contribution >= 0.6 is 0 Å². The van der Waals surface area contributed by atoms with Gasteiger partial charge < -0.3 is 26.2 Å². The van der Waals surface area contributed by atoms with Crippen molar-refractivity contribution in [2.75, 3.05) is 35.6 Å². The maximum atomic E-state index is 9.49. The molecule has 0 amide bonds. The van der Waals surface area contributed by atoms with Gasteiger partial charge in [-0.25, -0.2) is 0 Å². The SMILES string of the molecule is CCNc1cc(N2CC(O)C(O)C2)nc(N)n1. The number of aliphatic hydroxyl groups is 2. The van der Waals surface area contributed by atoms with Crippen molar-refractivity contribution in [3.8, 4) is 0 Å². The van der Waals surface area contributed by atoms with E-state index in [-0.39, 0.29) is 5.95 Å². The van der Waals surface area contributed by atoms with Crippen LogP contribution in [-0.2, 0) is 0 Å². The molecule has 0 spiro atoms. The van der Waals surface area contributed by atoms with E-state index in [9.17, 15) is 10.2 Å². The molecule has 5 N–H and O–H groups in total. The van der Waals surface area contributed by atoms with Gasteiger partial charge in [-0.2, -0.15) is 9.97 Å². The predicted molar refractivity (Wildman–Crippen MR) is 64.8 cm³/mol. The Kier molecular flexibility index (Phi) is 3.30. The van der Waals surface area contributed by atoms with E-state index in [0.29, 0.717) is 24.7 Å².